The molecule has 3 heterocycles. The van der Waals surface area contributed by atoms with Gasteiger partial charge in [-0.3, -0.25) is 14.9 Å². The maximum Gasteiger partial charge on any atom is 0.276 e. The molecule has 1 aliphatic rings. The molecule has 2 aromatic heterocycles. The third kappa shape index (κ3) is 5.69. The van der Waals surface area contributed by atoms with E-state index < -0.39 is 0 Å². The Labute approximate surface area is 206 Å². The van der Waals surface area contributed by atoms with E-state index in [9.17, 15) is 4.79 Å². The first-order valence-corrected chi connectivity index (χ1v) is 11.9. The molecule has 1 saturated heterocycles. The summed E-state index contributed by atoms with van der Waals surface area (Å²) in [5.74, 6) is 0.849. The second-order valence-corrected chi connectivity index (χ2v) is 8.41. The Morgan fingerprint density at radius 2 is 1.71 bits per heavy atom. The zero-order valence-electron chi connectivity index (χ0n) is 20.3. The van der Waals surface area contributed by atoms with Gasteiger partial charge in [-0.25, -0.2) is 9.67 Å². The molecule has 1 unspecified atom stereocenters. The highest BCUT2D eigenvalue weighted by atomic mass is 16.1. The Balaban J connectivity index is 1.69. The molecule has 7 nitrogen and oxygen atoms in total. The molecule has 0 saturated carbocycles. The van der Waals surface area contributed by atoms with Gasteiger partial charge < -0.3 is 9.80 Å². The Kier molecular flexibility index (Phi) is 7.77. The van der Waals surface area contributed by atoms with Gasteiger partial charge in [0.15, 0.2) is 0 Å². The van der Waals surface area contributed by atoms with Crippen molar-refractivity contribution in [2.75, 3.05) is 36.0 Å². The Hall–Kier alpha value is -4.13. The lowest BCUT2D eigenvalue weighted by Gasteiger charge is -2.36. The van der Waals surface area contributed by atoms with Gasteiger partial charge in [-0.15, -0.1) is 6.58 Å². The topological polar surface area (TPSA) is 70.1 Å². The number of fused-ring (bicyclic) bond motifs is 1. The average Bonchev–Trinajstić information content (AvgIpc) is 3.21. The van der Waals surface area contributed by atoms with Crippen LogP contribution >= 0.6 is 0 Å². The average molecular weight is 469 g/mol. The SMILES string of the molecule is C=CC(/C=C\C=C/C)n1[nH]c2cnc(N3CCN(c4ccccc4)CC3)ccc(C)ncc2c1=O. The molecule has 35 heavy (non-hydrogen) atoms. The predicted octanol–water partition coefficient (Wildman–Crippen LogP) is 4.74. The zero-order valence-corrected chi connectivity index (χ0v) is 20.3. The lowest BCUT2D eigenvalue weighted by molar-refractivity contribution is 0.615. The number of aromatic amines is 1. The minimum absolute atomic E-state index is 0.166. The van der Waals surface area contributed by atoms with Crippen molar-refractivity contribution in [2.24, 2.45) is 0 Å². The van der Waals surface area contributed by atoms with E-state index in [0.29, 0.717) is 10.9 Å². The highest BCUT2D eigenvalue weighted by Gasteiger charge is 2.18. The lowest BCUT2D eigenvalue weighted by atomic mass is 10.2. The number of nitrogens with one attached hydrogen (secondary N) is 1. The quantitative estimate of drug-likeness (QED) is 0.418. The Morgan fingerprint density at radius 3 is 2.43 bits per heavy atom. The lowest BCUT2D eigenvalue weighted by Crippen LogP contribution is -2.46. The highest BCUT2D eigenvalue weighted by molar-refractivity contribution is 5.75. The van der Waals surface area contributed by atoms with Crippen LogP contribution in [0.4, 0.5) is 11.5 Å². The number of allylic oxidation sites excluding steroid dienone is 5. The van der Waals surface area contributed by atoms with Crippen LogP contribution in [0.5, 0.6) is 0 Å². The van der Waals surface area contributed by atoms with E-state index >= 15 is 0 Å². The molecule has 0 spiro atoms. The van der Waals surface area contributed by atoms with Crippen LogP contribution in [0.25, 0.3) is 10.9 Å². The first-order chi connectivity index (χ1) is 17.1. The second kappa shape index (κ2) is 11.3. The molecule has 0 amide bonds. The number of aromatic nitrogens is 4. The maximum absolute atomic E-state index is 13.2. The summed E-state index contributed by atoms with van der Waals surface area (Å²) in [7, 11) is 0. The van der Waals surface area contributed by atoms with Gasteiger partial charge in [0.1, 0.15) is 5.82 Å². The normalized spacial score (nSPS) is 15.0. The number of rotatable bonds is 6. The minimum atomic E-state index is -0.309. The van der Waals surface area contributed by atoms with Crippen molar-refractivity contribution in [3.63, 3.8) is 0 Å². The maximum atomic E-state index is 13.2. The molecule has 1 aliphatic heterocycles. The van der Waals surface area contributed by atoms with Crippen molar-refractivity contribution in [1.29, 1.82) is 0 Å². The van der Waals surface area contributed by atoms with Crippen LogP contribution in [0.2, 0.25) is 0 Å². The number of piperazine rings is 1. The van der Waals surface area contributed by atoms with E-state index in [4.69, 9.17) is 4.98 Å². The molecular formula is C28H32N6O. The summed E-state index contributed by atoms with van der Waals surface area (Å²) in [5.41, 5.74) is 2.49. The van der Waals surface area contributed by atoms with Crippen LogP contribution in [0.3, 0.4) is 0 Å². The number of anilines is 2. The fourth-order valence-electron chi connectivity index (χ4n) is 4.08. The molecule has 180 valence electrons. The van der Waals surface area contributed by atoms with Crippen LogP contribution in [-0.4, -0.2) is 45.9 Å². The summed E-state index contributed by atoms with van der Waals surface area (Å²) < 4.78 is 1.55. The summed E-state index contributed by atoms with van der Waals surface area (Å²) in [6.07, 6.45) is 12.7. The van der Waals surface area contributed by atoms with Gasteiger partial charge in [-0.1, -0.05) is 48.6 Å². The fraction of sp³-hybridized carbons (Fsp3) is 0.250. The van der Waals surface area contributed by atoms with Crippen LogP contribution in [0.1, 0.15) is 18.7 Å². The largest absolute Gasteiger partial charge is 0.368 e. The van der Waals surface area contributed by atoms with E-state index in [1.807, 2.05) is 56.4 Å². The summed E-state index contributed by atoms with van der Waals surface area (Å²) >= 11 is 0. The fourth-order valence-corrected chi connectivity index (χ4v) is 4.08. The van der Waals surface area contributed by atoms with Crippen LogP contribution < -0.4 is 15.4 Å². The van der Waals surface area contributed by atoms with Crippen molar-refractivity contribution in [3.05, 3.63) is 108 Å². The van der Waals surface area contributed by atoms with Gasteiger partial charge in [0.25, 0.3) is 5.56 Å². The van der Waals surface area contributed by atoms with Crippen LogP contribution in [0.15, 0.2) is 96.6 Å². The molecule has 1 fully saturated rings. The number of para-hydroxylation sites is 1. The first-order valence-electron chi connectivity index (χ1n) is 11.9. The van der Waals surface area contributed by atoms with Crippen molar-refractivity contribution < 1.29 is 0 Å². The highest BCUT2D eigenvalue weighted by Crippen LogP contribution is 2.19. The monoisotopic (exact) mass is 468 g/mol. The molecule has 1 atom stereocenters. The molecule has 3 aromatic rings. The van der Waals surface area contributed by atoms with Crippen LogP contribution in [0, 0.1) is 6.92 Å². The predicted molar refractivity (Wildman–Crippen MR) is 145 cm³/mol. The minimum Gasteiger partial charge on any atom is -0.368 e. The molecule has 0 aliphatic carbocycles. The van der Waals surface area contributed by atoms with Crippen molar-refractivity contribution >= 4 is 22.4 Å². The van der Waals surface area contributed by atoms with E-state index in [0.717, 1.165) is 37.7 Å². The number of benzene rings is 1. The van der Waals surface area contributed by atoms with E-state index in [2.05, 4.69) is 50.7 Å². The number of hydrogen-bond donors (Lipinski definition) is 1. The van der Waals surface area contributed by atoms with Gasteiger partial charge in [0.05, 0.1) is 23.1 Å². The Morgan fingerprint density at radius 1 is 0.971 bits per heavy atom. The van der Waals surface area contributed by atoms with Crippen molar-refractivity contribution in [3.8, 4) is 0 Å². The smallest absolute Gasteiger partial charge is 0.276 e. The third-order valence-corrected chi connectivity index (χ3v) is 6.05. The van der Waals surface area contributed by atoms with Gasteiger partial charge in [0, 0.05) is 43.8 Å². The van der Waals surface area contributed by atoms with Gasteiger partial charge in [0.2, 0.25) is 0 Å². The van der Waals surface area contributed by atoms with E-state index in [-0.39, 0.29) is 11.6 Å². The molecule has 4 rings (SSSR count). The van der Waals surface area contributed by atoms with E-state index in [1.165, 1.54) is 5.69 Å². The summed E-state index contributed by atoms with van der Waals surface area (Å²) in [6.45, 7) is 11.3. The molecule has 1 N–H and O–H groups in total. The van der Waals surface area contributed by atoms with E-state index in [1.54, 1.807) is 23.2 Å². The molecule has 0 bridgehead atoms. The molecule has 0 radical (unpaired) electrons. The molecule has 1 aromatic carbocycles. The summed E-state index contributed by atoms with van der Waals surface area (Å²) in [6, 6.07) is 14.1. The summed E-state index contributed by atoms with van der Waals surface area (Å²) in [5, 5.41) is 3.68. The standard InChI is InChI=1S/C28H32N6O/c1-4-6-8-11-23(5-2)34-28(35)25-20-29-22(3)14-15-27(30-21-26(25)31-34)33-18-16-32(17-19-33)24-12-9-7-10-13-24/h4-15,20-21,23,31H,2,16-19H2,1,3H3/b6-4-,11-8-,15-14?,22-14?,25-20?,26-21?,27-15?,29-20?,29-22?,30-21?,30-27?. The number of hydrogen-bond acceptors (Lipinski definition) is 5. The van der Waals surface area contributed by atoms with Gasteiger partial charge >= 0.3 is 0 Å². The zero-order chi connectivity index (χ0) is 24.6. The number of aryl methyl sites for hydroxylation is 1. The first kappa shape index (κ1) is 24.0. The molecular weight excluding hydrogens is 436 g/mol. The summed E-state index contributed by atoms with van der Waals surface area (Å²) in [4.78, 5) is 27.2. The molecule has 7 heteroatoms. The van der Waals surface area contributed by atoms with Gasteiger partial charge in [-0.2, -0.15) is 0 Å². The third-order valence-electron chi connectivity index (χ3n) is 6.05. The van der Waals surface area contributed by atoms with Crippen LogP contribution in [-0.2, 0) is 0 Å². The van der Waals surface area contributed by atoms with Crippen molar-refractivity contribution in [2.45, 2.75) is 19.9 Å². The number of nitrogens with zero attached hydrogens (tertiary/aromatic N) is 5. The second-order valence-electron chi connectivity index (χ2n) is 8.41. The number of H-pyrrole nitrogens is 1. The van der Waals surface area contributed by atoms with Gasteiger partial charge in [-0.05, 0) is 38.1 Å². The van der Waals surface area contributed by atoms with Crippen molar-refractivity contribution in [1.82, 2.24) is 19.7 Å². The Bertz CT molecular complexity index is 1330.